The molecule has 19 heavy (non-hydrogen) atoms. The summed E-state index contributed by atoms with van der Waals surface area (Å²) in [6, 6.07) is 0. The van der Waals surface area contributed by atoms with E-state index in [4.69, 9.17) is 0 Å². The van der Waals surface area contributed by atoms with Crippen molar-refractivity contribution in [1.82, 2.24) is 0 Å². The third kappa shape index (κ3) is 3.99. The molecule has 2 aliphatic rings. The van der Waals surface area contributed by atoms with Gasteiger partial charge in [0, 0.05) is 0 Å². The van der Waals surface area contributed by atoms with Crippen molar-refractivity contribution in [2.75, 3.05) is 0 Å². The summed E-state index contributed by atoms with van der Waals surface area (Å²) in [4.78, 5) is 0. The molecule has 0 amide bonds. The van der Waals surface area contributed by atoms with Crippen LogP contribution in [0.15, 0.2) is 0 Å². The summed E-state index contributed by atoms with van der Waals surface area (Å²) in [5.74, 6) is 4.07. The minimum absolute atomic E-state index is 0.540. The molecule has 0 aromatic rings. The van der Waals surface area contributed by atoms with Crippen LogP contribution >= 0.6 is 0 Å². The normalized spacial score (nSPS) is 36.9. The smallest absolute Gasteiger partial charge is 0.0354 e. The van der Waals surface area contributed by atoms with Crippen molar-refractivity contribution in [3.63, 3.8) is 0 Å². The monoisotopic (exact) mass is 264 g/mol. The first kappa shape index (κ1) is 15.4. The molecule has 0 aliphatic heterocycles. The maximum Gasteiger partial charge on any atom is -0.0354 e. The van der Waals surface area contributed by atoms with Crippen molar-refractivity contribution in [1.29, 1.82) is 0 Å². The van der Waals surface area contributed by atoms with E-state index in [1.807, 2.05) is 0 Å². The Morgan fingerprint density at radius 3 is 1.26 bits per heavy atom. The van der Waals surface area contributed by atoms with Crippen LogP contribution in [0.5, 0.6) is 0 Å². The molecule has 112 valence electrons. The van der Waals surface area contributed by atoms with E-state index in [1.54, 1.807) is 6.42 Å². The van der Waals surface area contributed by atoms with Gasteiger partial charge in [-0.05, 0) is 66.6 Å². The minimum atomic E-state index is 0.540. The van der Waals surface area contributed by atoms with Crippen molar-refractivity contribution in [2.24, 2.45) is 34.5 Å². The molecule has 0 aromatic carbocycles. The van der Waals surface area contributed by atoms with Crippen molar-refractivity contribution in [3.8, 4) is 0 Å². The zero-order valence-electron chi connectivity index (χ0n) is 14.3. The molecule has 0 aromatic heterocycles. The second-order valence-electron chi connectivity index (χ2n) is 9.72. The van der Waals surface area contributed by atoms with Gasteiger partial charge < -0.3 is 0 Å². The van der Waals surface area contributed by atoms with E-state index in [1.165, 1.54) is 38.5 Å². The van der Waals surface area contributed by atoms with Gasteiger partial charge in [0.05, 0.1) is 0 Å². The molecule has 0 heteroatoms. The first-order chi connectivity index (χ1) is 8.66. The Labute approximate surface area is 121 Å². The van der Waals surface area contributed by atoms with Crippen LogP contribution < -0.4 is 0 Å². The molecule has 2 rings (SSSR count). The van der Waals surface area contributed by atoms with Gasteiger partial charge in [-0.3, -0.25) is 0 Å². The molecule has 0 nitrogen and oxygen atoms in total. The summed E-state index contributed by atoms with van der Waals surface area (Å²) in [6.07, 6.45) is 10.6. The van der Waals surface area contributed by atoms with Crippen LogP contribution in [-0.2, 0) is 0 Å². The molecule has 0 radical (unpaired) electrons. The fourth-order valence-electron chi connectivity index (χ4n) is 4.62. The molecule has 4 unspecified atom stereocenters. The van der Waals surface area contributed by atoms with Crippen LogP contribution in [-0.4, -0.2) is 0 Å². The summed E-state index contributed by atoms with van der Waals surface area (Å²) in [5.41, 5.74) is 1.08. The fraction of sp³-hybridized carbons (Fsp3) is 1.00. The van der Waals surface area contributed by atoms with E-state index in [0.717, 1.165) is 23.7 Å². The summed E-state index contributed by atoms with van der Waals surface area (Å²) < 4.78 is 0. The average molecular weight is 264 g/mol. The van der Waals surface area contributed by atoms with Gasteiger partial charge in [-0.25, -0.2) is 0 Å². The Hall–Kier alpha value is 0. The predicted octanol–water partition coefficient (Wildman–Crippen LogP) is 6.30. The Morgan fingerprint density at radius 2 is 1.00 bits per heavy atom. The molecule has 0 N–H and O–H groups in total. The first-order valence-electron chi connectivity index (χ1n) is 8.66. The molecule has 0 heterocycles. The Morgan fingerprint density at radius 1 is 0.632 bits per heavy atom. The zero-order valence-corrected chi connectivity index (χ0v) is 14.3. The molecule has 0 bridgehead atoms. The lowest BCUT2D eigenvalue weighted by atomic mass is 9.78. The van der Waals surface area contributed by atoms with Crippen molar-refractivity contribution in [2.45, 2.75) is 86.5 Å². The standard InChI is InChI=1S/C19H36/c1-18(2,3)16-9-7-14(12-16)11-15-8-10-17(13-15)19(4,5)6/h14-17H,7-13H2,1-6H3. The summed E-state index contributed by atoms with van der Waals surface area (Å²) in [5, 5.41) is 0. The molecule has 0 saturated heterocycles. The lowest BCUT2D eigenvalue weighted by Crippen LogP contribution is -2.18. The van der Waals surface area contributed by atoms with Gasteiger partial charge in [-0.2, -0.15) is 0 Å². The van der Waals surface area contributed by atoms with E-state index in [2.05, 4.69) is 41.5 Å². The topological polar surface area (TPSA) is 0 Å². The van der Waals surface area contributed by atoms with Gasteiger partial charge in [0.1, 0.15) is 0 Å². The zero-order chi connectivity index (χ0) is 14.3. The van der Waals surface area contributed by atoms with Crippen LogP contribution in [0.1, 0.15) is 86.5 Å². The third-order valence-corrected chi connectivity index (χ3v) is 6.20. The van der Waals surface area contributed by atoms with Gasteiger partial charge in [-0.15, -0.1) is 0 Å². The van der Waals surface area contributed by atoms with Crippen molar-refractivity contribution >= 4 is 0 Å². The maximum atomic E-state index is 2.44. The van der Waals surface area contributed by atoms with Crippen LogP contribution in [0.3, 0.4) is 0 Å². The highest BCUT2D eigenvalue weighted by atomic mass is 14.4. The average Bonchev–Trinajstić information content (AvgIpc) is 2.84. The minimum Gasteiger partial charge on any atom is -0.0599 e. The molecule has 0 spiro atoms. The lowest BCUT2D eigenvalue weighted by molar-refractivity contribution is 0.223. The highest BCUT2D eigenvalue weighted by Gasteiger charge is 2.37. The first-order valence-corrected chi connectivity index (χ1v) is 8.66. The van der Waals surface area contributed by atoms with Gasteiger partial charge in [0.25, 0.3) is 0 Å². The van der Waals surface area contributed by atoms with E-state index < -0.39 is 0 Å². The van der Waals surface area contributed by atoms with Crippen molar-refractivity contribution in [3.05, 3.63) is 0 Å². The third-order valence-electron chi connectivity index (χ3n) is 6.20. The quantitative estimate of drug-likeness (QED) is 0.549. The predicted molar refractivity (Wildman–Crippen MR) is 85.2 cm³/mol. The van der Waals surface area contributed by atoms with Crippen LogP contribution in [0.4, 0.5) is 0 Å². The highest BCUT2D eigenvalue weighted by molar-refractivity contribution is 4.88. The molecule has 2 aliphatic carbocycles. The van der Waals surface area contributed by atoms with Crippen molar-refractivity contribution < 1.29 is 0 Å². The van der Waals surface area contributed by atoms with Gasteiger partial charge in [0.15, 0.2) is 0 Å². The molecular formula is C19H36. The van der Waals surface area contributed by atoms with Gasteiger partial charge >= 0.3 is 0 Å². The highest BCUT2D eigenvalue weighted by Crippen LogP contribution is 2.48. The number of rotatable bonds is 2. The summed E-state index contributed by atoms with van der Waals surface area (Å²) in [6.45, 7) is 14.6. The van der Waals surface area contributed by atoms with E-state index in [-0.39, 0.29) is 0 Å². The number of hydrogen-bond acceptors (Lipinski definition) is 0. The molecule has 2 fully saturated rings. The van der Waals surface area contributed by atoms with Gasteiger partial charge in [-0.1, -0.05) is 54.4 Å². The number of hydrogen-bond donors (Lipinski definition) is 0. The van der Waals surface area contributed by atoms with E-state index in [0.29, 0.717) is 10.8 Å². The molecule has 4 atom stereocenters. The second-order valence-corrected chi connectivity index (χ2v) is 9.72. The van der Waals surface area contributed by atoms with Gasteiger partial charge in [0.2, 0.25) is 0 Å². The Kier molecular flexibility index (Phi) is 4.38. The van der Waals surface area contributed by atoms with Crippen LogP contribution in [0.2, 0.25) is 0 Å². The molecule has 2 saturated carbocycles. The Balaban J connectivity index is 1.78. The Bertz CT molecular complexity index is 258. The van der Waals surface area contributed by atoms with E-state index in [9.17, 15) is 0 Å². The lowest BCUT2D eigenvalue weighted by Gasteiger charge is -2.28. The SMILES string of the molecule is CC(C)(C)C1CCC(CC2CCC(C(C)(C)C)C2)C1. The van der Waals surface area contributed by atoms with E-state index >= 15 is 0 Å². The largest absolute Gasteiger partial charge is 0.0599 e. The van der Waals surface area contributed by atoms with Crippen LogP contribution in [0, 0.1) is 34.5 Å². The summed E-state index contributed by atoms with van der Waals surface area (Å²) >= 11 is 0. The fourth-order valence-corrected chi connectivity index (χ4v) is 4.62. The molecular weight excluding hydrogens is 228 g/mol. The summed E-state index contributed by atoms with van der Waals surface area (Å²) in [7, 11) is 0. The maximum absolute atomic E-state index is 2.44. The second kappa shape index (κ2) is 5.41. The van der Waals surface area contributed by atoms with Crippen LogP contribution in [0.25, 0.3) is 0 Å².